The highest BCUT2D eigenvalue weighted by molar-refractivity contribution is 5.78. The molecule has 0 aliphatic carbocycles. The van der Waals surface area contributed by atoms with Crippen molar-refractivity contribution in [3.63, 3.8) is 0 Å². The first kappa shape index (κ1) is 23.2. The molecule has 1 aromatic heterocycles. The van der Waals surface area contributed by atoms with Crippen LogP contribution in [0.4, 0.5) is 9.18 Å². The molecule has 1 N–H and O–H groups in total. The number of fused-ring (bicyclic) bond motifs is 1. The molecular weight excluding hydrogens is 439 g/mol. The number of pyridine rings is 1. The lowest BCUT2D eigenvalue weighted by Crippen LogP contribution is -2.37. The Morgan fingerprint density at radius 2 is 1.94 bits per heavy atom. The van der Waals surface area contributed by atoms with Crippen LogP contribution in [0.25, 0.3) is 11.1 Å². The Bertz CT molecular complexity index is 1200. The highest BCUT2D eigenvalue weighted by Crippen LogP contribution is 2.38. The molecule has 34 heavy (non-hydrogen) atoms. The van der Waals surface area contributed by atoms with Gasteiger partial charge in [-0.25, -0.2) is 9.18 Å². The molecule has 1 amide bonds. The average molecular weight is 464 g/mol. The maximum absolute atomic E-state index is 14.7. The number of hydrogen-bond acceptors (Lipinski definition) is 5. The van der Waals surface area contributed by atoms with E-state index in [1.54, 1.807) is 47.5 Å². The largest absolute Gasteiger partial charge is 0.493 e. The molecule has 0 saturated carbocycles. The van der Waals surface area contributed by atoms with Crippen LogP contribution in [0.1, 0.15) is 29.3 Å². The summed E-state index contributed by atoms with van der Waals surface area (Å²) in [5.41, 5.74) is 3.95. The van der Waals surface area contributed by atoms with E-state index in [4.69, 9.17) is 14.6 Å². The first-order valence-electron chi connectivity index (χ1n) is 11.1. The molecular formula is C26H25FN2O5. The molecule has 0 spiro atoms. The van der Waals surface area contributed by atoms with Gasteiger partial charge in [0.15, 0.2) is 0 Å². The highest BCUT2D eigenvalue weighted by atomic mass is 19.1. The molecule has 0 saturated heterocycles. The van der Waals surface area contributed by atoms with Crippen LogP contribution in [0, 0.1) is 5.82 Å². The topological polar surface area (TPSA) is 89.0 Å². The minimum Gasteiger partial charge on any atom is -0.493 e. The van der Waals surface area contributed by atoms with E-state index in [0.717, 1.165) is 11.1 Å². The number of carboxylic acid groups (broad SMARTS) is 1. The number of amides is 1. The maximum atomic E-state index is 14.7. The van der Waals surface area contributed by atoms with Crippen LogP contribution in [0.2, 0.25) is 0 Å². The van der Waals surface area contributed by atoms with Gasteiger partial charge in [0.05, 0.1) is 18.7 Å². The van der Waals surface area contributed by atoms with Crippen LogP contribution >= 0.6 is 0 Å². The van der Waals surface area contributed by atoms with Crippen LogP contribution in [-0.4, -0.2) is 40.2 Å². The number of ether oxygens (including phenoxy) is 2. The van der Waals surface area contributed by atoms with E-state index < -0.39 is 12.1 Å². The number of aromatic nitrogens is 1. The third-order valence-corrected chi connectivity index (χ3v) is 5.67. The van der Waals surface area contributed by atoms with E-state index in [2.05, 4.69) is 4.98 Å². The van der Waals surface area contributed by atoms with Crippen molar-refractivity contribution in [3.05, 3.63) is 82.9 Å². The summed E-state index contributed by atoms with van der Waals surface area (Å²) in [6.07, 6.45) is 1.37. The van der Waals surface area contributed by atoms with Crippen molar-refractivity contribution in [3.8, 4) is 16.9 Å². The van der Waals surface area contributed by atoms with Crippen LogP contribution in [0.3, 0.4) is 0 Å². The zero-order chi connectivity index (χ0) is 24.1. The quantitative estimate of drug-likeness (QED) is 0.549. The zero-order valence-corrected chi connectivity index (χ0v) is 18.8. The molecule has 0 bridgehead atoms. The summed E-state index contributed by atoms with van der Waals surface area (Å²) in [6, 6.07) is 13.7. The number of benzene rings is 2. The second-order valence-corrected chi connectivity index (χ2v) is 7.93. The fourth-order valence-electron chi connectivity index (χ4n) is 4.10. The van der Waals surface area contributed by atoms with E-state index in [0.29, 0.717) is 47.7 Å². The van der Waals surface area contributed by atoms with Crippen LogP contribution in [0.5, 0.6) is 5.75 Å². The van der Waals surface area contributed by atoms with Crippen molar-refractivity contribution >= 4 is 12.1 Å². The summed E-state index contributed by atoms with van der Waals surface area (Å²) in [4.78, 5) is 29.6. The lowest BCUT2D eigenvalue weighted by molar-refractivity contribution is -0.136. The Hall–Kier alpha value is -3.94. The van der Waals surface area contributed by atoms with E-state index in [9.17, 15) is 14.0 Å². The van der Waals surface area contributed by atoms with Gasteiger partial charge >= 0.3 is 12.1 Å². The van der Waals surface area contributed by atoms with Crippen LogP contribution in [0.15, 0.2) is 54.7 Å². The van der Waals surface area contributed by atoms with Crippen molar-refractivity contribution in [1.29, 1.82) is 0 Å². The second-order valence-electron chi connectivity index (χ2n) is 7.93. The number of carboxylic acids is 1. The molecule has 1 aliphatic heterocycles. The number of hydrogen-bond donors (Lipinski definition) is 1. The lowest BCUT2D eigenvalue weighted by atomic mass is 9.90. The fraction of sp³-hybridized carbons (Fsp3) is 0.269. The fourth-order valence-corrected chi connectivity index (χ4v) is 4.10. The summed E-state index contributed by atoms with van der Waals surface area (Å²) in [5.74, 6) is -0.736. The molecule has 2 heterocycles. The van der Waals surface area contributed by atoms with Gasteiger partial charge in [0.2, 0.25) is 0 Å². The summed E-state index contributed by atoms with van der Waals surface area (Å²) in [5, 5.41) is 9.12. The van der Waals surface area contributed by atoms with Crippen LogP contribution < -0.4 is 4.74 Å². The number of halogens is 1. The average Bonchev–Trinajstić information content (AvgIpc) is 2.84. The molecule has 0 radical (unpaired) electrons. The van der Waals surface area contributed by atoms with Gasteiger partial charge in [-0.3, -0.25) is 9.78 Å². The first-order valence-corrected chi connectivity index (χ1v) is 11.1. The Kier molecular flexibility index (Phi) is 7.06. The molecule has 1 aliphatic rings. The lowest BCUT2D eigenvalue weighted by Gasteiger charge is -2.30. The number of rotatable bonds is 7. The zero-order valence-electron chi connectivity index (χ0n) is 18.8. The number of carbonyl (C=O) groups excluding carboxylic acids is 1. The van der Waals surface area contributed by atoms with Gasteiger partial charge in [-0.05, 0) is 59.9 Å². The molecule has 176 valence electrons. The molecule has 7 nitrogen and oxygen atoms in total. The van der Waals surface area contributed by atoms with Crippen LogP contribution in [-0.2, 0) is 35.5 Å². The van der Waals surface area contributed by atoms with Gasteiger partial charge in [-0.2, -0.15) is 0 Å². The van der Waals surface area contributed by atoms with Crippen molar-refractivity contribution < 1.29 is 28.6 Å². The smallest absolute Gasteiger partial charge is 0.410 e. The van der Waals surface area contributed by atoms with Crippen molar-refractivity contribution in [2.24, 2.45) is 0 Å². The number of aliphatic carboxylic acids is 1. The molecule has 4 rings (SSSR count). The number of nitrogens with zero attached hydrogens (tertiary/aromatic N) is 2. The van der Waals surface area contributed by atoms with E-state index in [1.165, 1.54) is 6.07 Å². The van der Waals surface area contributed by atoms with Gasteiger partial charge in [0.1, 0.15) is 18.2 Å². The third-order valence-electron chi connectivity index (χ3n) is 5.67. The van der Waals surface area contributed by atoms with Crippen molar-refractivity contribution in [2.45, 2.75) is 32.9 Å². The standard InChI is InChI=1S/C26H25FN2O5/c1-2-33-24-13-17(14-25(30)31)6-7-21(24)19-8-9-23(27)20-10-12-29(15-22(19)20)26(32)34-16-18-5-3-4-11-28-18/h3-9,11,13H,2,10,12,14-16H2,1H3,(H,30,31). The molecule has 0 atom stereocenters. The highest BCUT2D eigenvalue weighted by Gasteiger charge is 2.27. The minimum absolute atomic E-state index is 0.0541. The summed E-state index contributed by atoms with van der Waals surface area (Å²) in [6.45, 7) is 2.81. The normalized spacial score (nSPS) is 12.7. The Morgan fingerprint density at radius 1 is 1.12 bits per heavy atom. The maximum Gasteiger partial charge on any atom is 0.410 e. The van der Waals surface area contributed by atoms with Crippen molar-refractivity contribution in [1.82, 2.24) is 9.88 Å². The molecule has 3 aromatic rings. The third kappa shape index (κ3) is 5.17. The Labute approximate surface area is 196 Å². The molecule has 0 fully saturated rings. The molecule has 8 heteroatoms. The predicted octanol–water partition coefficient (Wildman–Crippen LogP) is 4.61. The monoisotopic (exact) mass is 464 g/mol. The minimum atomic E-state index is -0.936. The van der Waals surface area contributed by atoms with Crippen molar-refractivity contribution in [2.75, 3.05) is 13.2 Å². The van der Waals surface area contributed by atoms with E-state index in [1.807, 2.05) is 13.0 Å². The van der Waals surface area contributed by atoms with Gasteiger partial charge in [0.25, 0.3) is 0 Å². The van der Waals surface area contributed by atoms with Gasteiger partial charge in [0, 0.05) is 24.8 Å². The summed E-state index contributed by atoms with van der Waals surface area (Å²) in [7, 11) is 0. The van der Waals surface area contributed by atoms with Gasteiger partial charge in [-0.15, -0.1) is 0 Å². The predicted molar refractivity (Wildman–Crippen MR) is 123 cm³/mol. The number of carbonyl (C=O) groups is 2. The van der Waals surface area contributed by atoms with E-state index >= 15 is 0 Å². The Morgan fingerprint density at radius 3 is 2.68 bits per heavy atom. The SMILES string of the molecule is CCOc1cc(CC(=O)O)ccc1-c1ccc(F)c2c1CN(C(=O)OCc1ccccn1)CC2. The Balaban J connectivity index is 1.62. The van der Waals surface area contributed by atoms with E-state index in [-0.39, 0.29) is 25.4 Å². The second kappa shape index (κ2) is 10.3. The molecule has 0 unspecified atom stereocenters. The summed E-state index contributed by atoms with van der Waals surface area (Å²) < 4.78 is 25.9. The van der Waals surface area contributed by atoms with Gasteiger partial charge in [-0.1, -0.05) is 24.3 Å². The first-order chi connectivity index (χ1) is 16.5. The van der Waals surface area contributed by atoms with Gasteiger partial charge < -0.3 is 19.5 Å². The molecule has 2 aromatic carbocycles. The summed E-state index contributed by atoms with van der Waals surface area (Å²) >= 11 is 0.